The molecule has 1 N–H and O–H groups in total. The number of aromatic carboxylic acids is 1. The van der Waals surface area contributed by atoms with Crippen molar-refractivity contribution in [2.45, 2.75) is 18.2 Å². The first-order chi connectivity index (χ1) is 11.6. The Hall–Kier alpha value is -2.26. The summed E-state index contributed by atoms with van der Waals surface area (Å²) in [5, 5.41) is 16.1. The number of hydrogen-bond donors (Lipinski definition) is 1. The molecular formula is C14H8Cl2F3N3O3. The van der Waals surface area contributed by atoms with E-state index < -0.39 is 24.2 Å². The van der Waals surface area contributed by atoms with E-state index in [0.717, 1.165) is 29.2 Å². The minimum atomic E-state index is -4.84. The first-order valence-corrected chi connectivity index (χ1v) is 7.45. The summed E-state index contributed by atoms with van der Waals surface area (Å²) in [4.78, 5) is 15.7. The highest BCUT2D eigenvalue weighted by Gasteiger charge is 2.62. The molecule has 1 aliphatic heterocycles. The van der Waals surface area contributed by atoms with Crippen LogP contribution in [0.2, 0.25) is 10.0 Å². The molecule has 1 atom stereocenters. The number of benzene rings is 1. The lowest BCUT2D eigenvalue weighted by Gasteiger charge is -2.29. The van der Waals surface area contributed by atoms with Crippen LogP contribution in [0.25, 0.3) is 0 Å². The van der Waals surface area contributed by atoms with Crippen LogP contribution in [0.15, 0.2) is 35.7 Å². The van der Waals surface area contributed by atoms with Gasteiger partial charge in [0.25, 0.3) is 5.60 Å². The molecule has 0 saturated carbocycles. The van der Waals surface area contributed by atoms with E-state index in [9.17, 15) is 18.0 Å². The van der Waals surface area contributed by atoms with Crippen molar-refractivity contribution in [2.75, 3.05) is 0 Å². The van der Waals surface area contributed by atoms with Gasteiger partial charge in [0.2, 0.25) is 0 Å². The summed E-state index contributed by atoms with van der Waals surface area (Å²) in [5.74, 6) is -1.48. The smallest absolute Gasteiger partial charge is 0.435 e. The van der Waals surface area contributed by atoms with E-state index in [0.29, 0.717) is 0 Å². The number of oxime groups is 1. The molecule has 1 aromatic carbocycles. The normalized spacial score (nSPS) is 20.3. The predicted octanol–water partition coefficient (Wildman–Crippen LogP) is 3.93. The largest absolute Gasteiger partial charge is 0.478 e. The van der Waals surface area contributed by atoms with Crippen LogP contribution >= 0.6 is 23.2 Å². The number of aromatic nitrogens is 2. The standard InChI is InChI=1S/C14H8Cl2F3N3O3/c15-9-1-8(2-10(16)3-9)13(14(17,18)19)4-11(21-25-13)22-6-7(5-20-22)12(23)24/h1-3,5-6H,4H2,(H,23,24). The van der Waals surface area contributed by atoms with Gasteiger partial charge in [-0.1, -0.05) is 28.4 Å². The highest BCUT2D eigenvalue weighted by atomic mass is 35.5. The van der Waals surface area contributed by atoms with Crippen LogP contribution in [0.4, 0.5) is 13.2 Å². The first kappa shape index (κ1) is 17.6. The number of halogens is 5. The van der Waals surface area contributed by atoms with E-state index in [1.54, 1.807) is 0 Å². The fraction of sp³-hybridized carbons (Fsp3) is 0.214. The molecule has 132 valence electrons. The molecular weight excluding hydrogens is 386 g/mol. The minimum absolute atomic E-state index is 0.00966. The van der Waals surface area contributed by atoms with Crippen molar-refractivity contribution in [3.63, 3.8) is 0 Å². The molecule has 1 unspecified atom stereocenters. The van der Waals surface area contributed by atoms with E-state index in [-0.39, 0.29) is 27.0 Å². The summed E-state index contributed by atoms with van der Waals surface area (Å²) < 4.78 is 42.3. The summed E-state index contributed by atoms with van der Waals surface area (Å²) in [6.45, 7) is 0. The van der Waals surface area contributed by atoms with Gasteiger partial charge in [0.1, 0.15) is 0 Å². The Bertz CT molecular complexity index is 861. The van der Waals surface area contributed by atoms with Crippen molar-refractivity contribution >= 4 is 35.0 Å². The second kappa shape index (κ2) is 5.92. The Morgan fingerprint density at radius 1 is 1.28 bits per heavy atom. The van der Waals surface area contributed by atoms with Crippen molar-refractivity contribution in [3.05, 3.63) is 51.8 Å². The maximum atomic E-state index is 13.8. The number of rotatable bonds is 2. The van der Waals surface area contributed by atoms with Gasteiger partial charge >= 0.3 is 12.1 Å². The third kappa shape index (κ3) is 3.05. The zero-order valence-corrected chi connectivity index (χ0v) is 13.6. The topological polar surface area (TPSA) is 76.7 Å². The highest BCUT2D eigenvalue weighted by Crippen LogP contribution is 2.49. The molecule has 6 nitrogen and oxygen atoms in total. The SMILES string of the molecule is O=C(O)c1cnn(C2=NOC(c3cc(Cl)cc(Cl)c3)(C(F)(F)F)C2)c1. The number of carboxylic acid groups (broad SMARTS) is 1. The Morgan fingerprint density at radius 2 is 1.92 bits per heavy atom. The van der Waals surface area contributed by atoms with Crippen LogP contribution in [0, 0.1) is 0 Å². The molecule has 0 spiro atoms. The van der Waals surface area contributed by atoms with E-state index in [1.165, 1.54) is 6.07 Å². The van der Waals surface area contributed by atoms with Gasteiger partial charge in [-0.15, -0.1) is 0 Å². The third-order valence-electron chi connectivity index (χ3n) is 3.59. The molecule has 2 heterocycles. The van der Waals surface area contributed by atoms with Crippen LogP contribution in [-0.2, 0) is 10.4 Å². The number of carboxylic acids is 1. The lowest BCUT2D eigenvalue weighted by Crippen LogP contribution is -2.43. The molecule has 0 radical (unpaired) electrons. The van der Waals surface area contributed by atoms with E-state index >= 15 is 0 Å². The Balaban J connectivity index is 2.01. The average molecular weight is 394 g/mol. The molecule has 0 saturated heterocycles. The summed E-state index contributed by atoms with van der Waals surface area (Å²) in [6.07, 6.45) is -3.53. The summed E-state index contributed by atoms with van der Waals surface area (Å²) >= 11 is 11.6. The van der Waals surface area contributed by atoms with Gasteiger partial charge in [0, 0.05) is 21.8 Å². The summed E-state index contributed by atoms with van der Waals surface area (Å²) in [5.41, 5.74) is -3.31. The molecule has 0 fully saturated rings. The first-order valence-electron chi connectivity index (χ1n) is 6.69. The lowest BCUT2D eigenvalue weighted by atomic mass is 9.89. The van der Waals surface area contributed by atoms with Crippen LogP contribution in [0.1, 0.15) is 22.3 Å². The van der Waals surface area contributed by atoms with Gasteiger partial charge in [0.15, 0.2) is 5.84 Å². The van der Waals surface area contributed by atoms with Gasteiger partial charge in [-0.25, -0.2) is 9.48 Å². The molecule has 11 heteroatoms. The van der Waals surface area contributed by atoms with Crippen molar-refractivity contribution in [1.29, 1.82) is 0 Å². The van der Waals surface area contributed by atoms with E-state index in [4.69, 9.17) is 33.1 Å². The second-order valence-electron chi connectivity index (χ2n) is 5.24. The van der Waals surface area contributed by atoms with Gasteiger partial charge in [-0.05, 0) is 18.2 Å². The van der Waals surface area contributed by atoms with Gasteiger partial charge in [-0.2, -0.15) is 18.3 Å². The monoisotopic (exact) mass is 393 g/mol. The third-order valence-corrected chi connectivity index (χ3v) is 4.03. The van der Waals surface area contributed by atoms with E-state index in [2.05, 4.69) is 10.3 Å². The molecule has 1 aromatic heterocycles. The Kier molecular flexibility index (Phi) is 4.16. The second-order valence-corrected chi connectivity index (χ2v) is 6.11. The Morgan fingerprint density at radius 3 is 2.44 bits per heavy atom. The minimum Gasteiger partial charge on any atom is -0.478 e. The Labute approximate surface area is 148 Å². The zero-order chi connectivity index (χ0) is 18.4. The van der Waals surface area contributed by atoms with Crippen LogP contribution < -0.4 is 0 Å². The van der Waals surface area contributed by atoms with Crippen molar-refractivity contribution in [1.82, 2.24) is 9.78 Å². The number of carbonyl (C=O) groups is 1. The number of hydrogen-bond acceptors (Lipinski definition) is 4. The summed E-state index contributed by atoms with van der Waals surface area (Å²) in [6, 6.07) is 3.47. The highest BCUT2D eigenvalue weighted by molar-refractivity contribution is 6.34. The van der Waals surface area contributed by atoms with Crippen LogP contribution in [0.3, 0.4) is 0 Å². The quantitative estimate of drug-likeness (QED) is 0.838. The molecule has 0 bridgehead atoms. The molecule has 0 amide bonds. The van der Waals surface area contributed by atoms with Crippen LogP contribution in [0.5, 0.6) is 0 Å². The summed E-state index contributed by atoms with van der Waals surface area (Å²) in [7, 11) is 0. The number of alkyl halides is 3. The van der Waals surface area contributed by atoms with Gasteiger partial charge in [-0.3, -0.25) is 0 Å². The molecule has 25 heavy (non-hydrogen) atoms. The predicted molar refractivity (Wildman–Crippen MR) is 81.9 cm³/mol. The molecule has 3 rings (SSSR count). The lowest BCUT2D eigenvalue weighted by molar-refractivity contribution is -0.275. The van der Waals surface area contributed by atoms with E-state index in [1.807, 2.05) is 0 Å². The van der Waals surface area contributed by atoms with Crippen LogP contribution in [-0.4, -0.2) is 32.9 Å². The van der Waals surface area contributed by atoms with Crippen molar-refractivity contribution in [3.8, 4) is 0 Å². The van der Waals surface area contributed by atoms with Gasteiger partial charge < -0.3 is 9.94 Å². The van der Waals surface area contributed by atoms with Crippen molar-refractivity contribution in [2.24, 2.45) is 5.16 Å². The maximum absolute atomic E-state index is 13.8. The molecule has 1 aliphatic rings. The van der Waals surface area contributed by atoms with Gasteiger partial charge in [0.05, 0.1) is 18.2 Å². The maximum Gasteiger partial charge on any atom is 0.435 e. The molecule has 2 aromatic rings. The zero-order valence-electron chi connectivity index (χ0n) is 12.1. The van der Waals surface area contributed by atoms with Crippen molar-refractivity contribution < 1.29 is 27.9 Å². The fourth-order valence-electron chi connectivity index (χ4n) is 2.37. The molecule has 0 aliphatic carbocycles. The average Bonchev–Trinajstić information content (AvgIpc) is 3.13. The fourth-order valence-corrected chi connectivity index (χ4v) is 2.90. The number of nitrogens with zero attached hydrogens (tertiary/aromatic N) is 3.